The number of benzene rings is 3. The smallest absolute Gasteiger partial charge is 0.314 e. The van der Waals surface area contributed by atoms with Gasteiger partial charge in [0.15, 0.2) is 0 Å². The third-order valence-corrected chi connectivity index (χ3v) is 8.19. The van der Waals surface area contributed by atoms with Crippen LogP contribution in [0.2, 0.25) is 0 Å². The number of sulfonamides is 1. The maximum Gasteiger partial charge on any atom is 0.314 e. The number of carbonyl (C=O) groups excluding carboxylic acids is 1. The van der Waals surface area contributed by atoms with Crippen LogP contribution in [0.15, 0.2) is 96.0 Å². The van der Waals surface area contributed by atoms with Crippen molar-refractivity contribution in [2.45, 2.75) is 24.4 Å². The van der Waals surface area contributed by atoms with E-state index in [0.717, 1.165) is 11.1 Å². The van der Waals surface area contributed by atoms with E-state index in [1.54, 1.807) is 30.3 Å². The van der Waals surface area contributed by atoms with Gasteiger partial charge in [-0.25, -0.2) is 18.4 Å². The standard InChI is InChI=1S/C29H27N5O5S/c1-20(22-11-7-4-8-12-22)34-26-15-23(13-14-25(26)32-29(34)30)24-16-27(28(38-2)31-17-24)40(36,37)33(39-19-35)18-21-9-5-3-6-10-21/h3-17,19-20H,18H2,1-2H3,(H2,30,32). The minimum atomic E-state index is -4.38. The summed E-state index contributed by atoms with van der Waals surface area (Å²) in [5.41, 5.74) is 10.7. The lowest BCUT2D eigenvalue weighted by atomic mass is 10.1. The topological polar surface area (TPSA) is 130 Å². The van der Waals surface area contributed by atoms with Gasteiger partial charge in [-0.2, -0.15) is 0 Å². The summed E-state index contributed by atoms with van der Waals surface area (Å²) in [6.45, 7) is 1.90. The maximum atomic E-state index is 13.7. The van der Waals surface area contributed by atoms with E-state index in [0.29, 0.717) is 32.6 Å². The molecule has 0 saturated carbocycles. The van der Waals surface area contributed by atoms with Crippen molar-refractivity contribution in [2.75, 3.05) is 12.8 Å². The van der Waals surface area contributed by atoms with Gasteiger partial charge in [0.25, 0.3) is 10.0 Å². The number of aromatic nitrogens is 3. The molecule has 0 radical (unpaired) electrons. The fourth-order valence-electron chi connectivity index (χ4n) is 4.58. The first-order chi connectivity index (χ1) is 19.3. The van der Waals surface area contributed by atoms with Gasteiger partial charge in [0, 0.05) is 11.8 Å². The van der Waals surface area contributed by atoms with Crippen LogP contribution in [-0.2, 0) is 26.2 Å². The Balaban J connectivity index is 1.58. The van der Waals surface area contributed by atoms with Crippen molar-refractivity contribution >= 4 is 33.5 Å². The molecule has 204 valence electrons. The molecule has 0 aliphatic carbocycles. The molecule has 0 spiro atoms. The molecule has 1 atom stereocenters. The molecule has 0 fully saturated rings. The summed E-state index contributed by atoms with van der Waals surface area (Å²) in [6, 6.07) is 25.6. The number of hydrogen-bond acceptors (Lipinski definition) is 8. The molecule has 11 heteroatoms. The van der Waals surface area contributed by atoms with Crippen LogP contribution in [-0.4, -0.2) is 41.0 Å². The quantitative estimate of drug-likeness (QED) is 0.195. The molecule has 40 heavy (non-hydrogen) atoms. The molecular weight excluding hydrogens is 530 g/mol. The molecule has 5 aromatic rings. The Morgan fingerprint density at radius 3 is 2.38 bits per heavy atom. The average Bonchev–Trinajstić information content (AvgIpc) is 3.32. The number of nitrogen functional groups attached to an aromatic ring is 1. The van der Waals surface area contributed by atoms with Crippen molar-refractivity contribution in [1.82, 2.24) is 19.0 Å². The van der Waals surface area contributed by atoms with E-state index in [4.69, 9.17) is 15.3 Å². The number of imidazole rings is 1. The van der Waals surface area contributed by atoms with Crippen LogP contribution in [0.4, 0.5) is 5.95 Å². The minimum Gasteiger partial charge on any atom is -0.480 e. The molecule has 2 heterocycles. The maximum absolute atomic E-state index is 13.7. The van der Waals surface area contributed by atoms with E-state index in [-0.39, 0.29) is 29.8 Å². The average molecular weight is 558 g/mol. The number of rotatable bonds is 10. The van der Waals surface area contributed by atoms with E-state index >= 15 is 0 Å². The van der Waals surface area contributed by atoms with E-state index in [9.17, 15) is 13.2 Å². The zero-order valence-electron chi connectivity index (χ0n) is 21.8. The predicted octanol–water partition coefficient (Wildman–Crippen LogP) is 4.58. The number of nitrogens with zero attached hydrogens (tertiary/aromatic N) is 4. The highest BCUT2D eigenvalue weighted by molar-refractivity contribution is 7.89. The van der Waals surface area contributed by atoms with Crippen molar-refractivity contribution in [3.8, 4) is 17.0 Å². The summed E-state index contributed by atoms with van der Waals surface area (Å²) in [7, 11) is -3.05. The Morgan fingerprint density at radius 1 is 1.00 bits per heavy atom. The van der Waals surface area contributed by atoms with Crippen molar-refractivity contribution in [3.63, 3.8) is 0 Å². The van der Waals surface area contributed by atoms with E-state index in [1.165, 1.54) is 19.4 Å². The Bertz CT molecular complexity index is 1760. The van der Waals surface area contributed by atoms with Gasteiger partial charge in [-0.05, 0) is 46.3 Å². The number of methoxy groups -OCH3 is 1. The van der Waals surface area contributed by atoms with Crippen molar-refractivity contribution in [1.29, 1.82) is 0 Å². The third-order valence-electron chi connectivity index (χ3n) is 6.59. The molecule has 0 saturated heterocycles. The first-order valence-corrected chi connectivity index (χ1v) is 13.8. The lowest BCUT2D eigenvalue weighted by molar-refractivity contribution is -0.153. The summed E-state index contributed by atoms with van der Waals surface area (Å²) in [4.78, 5) is 24.7. The van der Waals surface area contributed by atoms with Gasteiger partial charge >= 0.3 is 6.47 Å². The molecule has 1 unspecified atom stereocenters. The van der Waals surface area contributed by atoms with E-state index in [2.05, 4.69) is 9.97 Å². The van der Waals surface area contributed by atoms with Crippen molar-refractivity contribution in [2.24, 2.45) is 0 Å². The zero-order valence-corrected chi connectivity index (χ0v) is 22.7. The Hall–Kier alpha value is -4.74. The second-order valence-electron chi connectivity index (χ2n) is 9.01. The molecular formula is C29H27N5O5S. The van der Waals surface area contributed by atoms with Gasteiger partial charge in [-0.3, -0.25) is 4.79 Å². The molecule has 2 aromatic heterocycles. The monoisotopic (exact) mass is 557 g/mol. The second-order valence-corrected chi connectivity index (χ2v) is 10.8. The van der Waals surface area contributed by atoms with Gasteiger partial charge in [-0.1, -0.05) is 66.7 Å². The molecule has 2 N–H and O–H groups in total. The van der Waals surface area contributed by atoms with Crippen LogP contribution in [0.1, 0.15) is 24.1 Å². The van der Waals surface area contributed by atoms with E-state index < -0.39 is 10.0 Å². The van der Waals surface area contributed by atoms with Crippen LogP contribution in [0.25, 0.3) is 22.2 Å². The summed E-state index contributed by atoms with van der Waals surface area (Å²) in [5, 5.41) is 0. The van der Waals surface area contributed by atoms with Crippen LogP contribution < -0.4 is 10.5 Å². The highest BCUT2D eigenvalue weighted by Crippen LogP contribution is 2.34. The van der Waals surface area contributed by atoms with Gasteiger partial charge < -0.3 is 19.9 Å². The van der Waals surface area contributed by atoms with Crippen molar-refractivity contribution < 1.29 is 22.8 Å². The number of fused-ring (bicyclic) bond motifs is 1. The van der Waals surface area contributed by atoms with Gasteiger partial charge in [0.2, 0.25) is 11.8 Å². The molecule has 0 amide bonds. The largest absolute Gasteiger partial charge is 0.480 e. The number of ether oxygens (including phenoxy) is 1. The summed E-state index contributed by atoms with van der Waals surface area (Å²) in [5.74, 6) is 0.228. The summed E-state index contributed by atoms with van der Waals surface area (Å²) in [6.07, 6.45) is 1.52. The van der Waals surface area contributed by atoms with Crippen LogP contribution >= 0.6 is 0 Å². The molecule has 0 aliphatic rings. The van der Waals surface area contributed by atoms with Gasteiger partial charge in [0.05, 0.1) is 30.7 Å². The first kappa shape index (κ1) is 26.9. The van der Waals surface area contributed by atoms with E-state index in [1.807, 2.05) is 60.0 Å². The number of carbonyl (C=O) groups is 1. The lowest BCUT2D eigenvalue weighted by Gasteiger charge is -2.20. The first-order valence-electron chi connectivity index (χ1n) is 12.4. The minimum absolute atomic E-state index is 0.0671. The summed E-state index contributed by atoms with van der Waals surface area (Å²) >= 11 is 0. The molecule has 10 nitrogen and oxygen atoms in total. The normalized spacial score (nSPS) is 12.4. The number of anilines is 1. The molecule has 5 rings (SSSR count). The molecule has 0 aliphatic heterocycles. The van der Waals surface area contributed by atoms with Crippen LogP contribution in [0.3, 0.4) is 0 Å². The molecule has 0 bridgehead atoms. The van der Waals surface area contributed by atoms with Crippen molar-refractivity contribution in [3.05, 3.63) is 102 Å². The third kappa shape index (κ3) is 5.12. The highest BCUT2D eigenvalue weighted by atomic mass is 32.2. The van der Waals surface area contributed by atoms with Gasteiger partial charge in [-0.15, -0.1) is 0 Å². The Morgan fingerprint density at radius 2 is 1.70 bits per heavy atom. The zero-order chi connectivity index (χ0) is 28.3. The van der Waals surface area contributed by atoms with Crippen LogP contribution in [0, 0.1) is 0 Å². The number of hydrogen-bond donors (Lipinski definition) is 1. The SMILES string of the molecule is COc1ncc(-c2ccc3nc(N)n(C(C)c4ccccc4)c3c2)cc1S(=O)(=O)N(Cc1ccccc1)OC=O. The summed E-state index contributed by atoms with van der Waals surface area (Å²) < 4.78 is 35.2. The Kier molecular flexibility index (Phi) is 7.50. The Labute approximate surface area is 231 Å². The number of nitrogens with two attached hydrogens (primary N) is 1. The highest BCUT2D eigenvalue weighted by Gasteiger charge is 2.31. The fraction of sp³-hybridized carbons (Fsp3) is 0.138. The number of pyridine rings is 1. The second kappa shape index (κ2) is 11.2. The van der Waals surface area contributed by atoms with Crippen LogP contribution in [0.5, 0.6) is 5.88 Å². The number of hydroxylamine groups is 1. The molecule has 3 aromatic carbocycles. The lowest BCUT2D eigenvalue weighted by Crippen LogP contribution is -2.31. The van der Waals surface area contributed by atoms with Gasteiger partial charge in [0.1, 0.15) is 4.90 Å². The fourth-order valence-corrected chi connectivity index (χ4v) is 5.90. The predicted molar refractivity (Wildman–Crippen MR) is 151 cm³/mol.